The van der Waals surface area contributed by atoms with Crippen LogP contribution in [0, 0.1) is 0 Å². The van der Waals surface area contributed by atoms with Gasteiger partial charge in [0.15, 0.2) is 0 Å². The van der Waals surface area contributed by atoms with Gasteiger partial charge in [-0.25, -0.2) is 0 Å². The van der Waals surface area contributed by atoms with E-state index in [9.17, 15) is 0 Å². The summed E-state index contributed by atoms with van der Waals surface area (Å²) in [6.07, 6.45) is 2.76. The molecule has 0 saturated heterocycles. The van der Waals surface area contributed by atoms with Crippen LogP contribution in [0.3, 0.4) is 0 Å². The van der Waals surface area contributed by atoms with Crippen molar-refractivity contribution in [2.75, 3.05) is 7.11 Å². The molecule has 0 radical (unpaired) electrons. The van der Waals surface area contributed by atoms with E-state index in [1.54, 1.807) is 7.11 Å². The van der Waals surface area contributed by atoms with E-state index in [0.717, 1.165) is 17.9 Å². The van der Waals surface area contributed by atoms with Gasteiger partial charge in [-0.3, -0.25) is 4.99 Å². The Bertz CT molecular complexity index is 792. The van der Waals surface area contributed by atoms with Crippen LogP contribution in [0.1, 0.15) is 5.01 Å². The number of thiazole rings is 1. The number of nitrogens with zero attached hydrogens (tertiary/aromatic N) is 2. The number of fused-ring (bicyclic) bond motifs is 1. The average molecular weight is 297 g/mol. The first-order chi connectivity index (χ1) is 10.3. The Hall–Kier alpha value is -2.20. The zero-order chi connectivity index (χ0) is 14.7. The van der Waals surface area contributed by atoms with Crippen LogP contribution in [-0.2, 0) is 13.5 Å². The second kappa shape index (κ2) is 6.06. The van der Waals surface area contributed by atoms with E-state index in [-0.39, 0.29) is 0 Å². The van der Waals surface area contributed by atoms with Crippen molar-refractivity contribution >= 4 is 33.5 Å². The van der Waals surface area contributed by atoms with Crippen LogP contribution in [0.2, 0.25) is 0 Å². The Labute approximate surface area is 128 Å². The molecule has 4 heteroatoms. The zero-order valence-corrected chi connectivity index (χ0v) is 12.9. The number of benzene rings is 2. The number of methoxy groups -OCH3 is 1. The summed E-state index contributed by atoms with van der Waals surface area (Å²) in [5, 5.41) is 1.29. The molecule has 0 aliphatic rings. The van der Waals surface area contributed by atoms with Crippen molar-refractivity contribution in [3.8, 4) is 5.75 Å². The largest absolute Gasteiger partial charge is 0.494 e. The highest BCUT2D eigenvalue weighted by molar-refractivity contribution is 7.18. The second-order valence-electron chi connectivity index (χ2n) is 4.71. The van der Waals surface area contributed by atoms with Gasteiger partial charge in [-0.2, -0.15) is 4.57 Å². The predicted molar refractivity (Wildman–Crippen MR) is 87.9 cm³/mol. The fourth-order valence-electron chi connectivity index (χ4n) is 2.29. The smallest absolute Gasteiger partial charge is 0.243 e. The first kappa shape index (κ1) is 13.8. The first-order valence-electron chi connectivity index (χ1n) is 6.81. The Morgan fingerprint density at radius 1 is 1.14 bits per heavy atom. The summed E-state index contributed by atoms with van der Waals surface area (Å²) >= 11 is 1.81. The van der Waals surface area contributed by atoms with Crippen molar-refractivity contribution < 1.29 is 9.30 Å². The topological polar surface area (TPSA) is 25.5 Å². The van der Waals surface area contributed by atoms with Gasteiger partial charge in [0.25, 0.3) is 0 Å². The number of ether oxygens (including phenoxy) is 1. The summed E-state index contributed by atoms with van der Waals surface area (Å²) in [7, 11) is 3.77. The molecular formula is C17H17N2OS+. The summed E-state index contributed by atoms with van der Waals surface area (Å²) in [6, 6.07) is 16.2. The Morgan fingerprint density at radius 2 is 1.90 bits per heavy atom. The molecule has 3 rings (SSSR count). The van der Waals surface area contributed by atoms with Crippen LogP contribution < -0.4 is 9.30 Å². The number of rotatable bonds is 4. The molecule has 0 N–H and O–H groups in total. The summed E-state index contributed by atoms with van der Waals surface area (Å²) < 4.78 is 8.84. The lowest BCUT2D eigenvalue weighted by Crippen LogP contribution is -2.30. The van der Waals surface area contributed by atoms with E-state index in [1.165, 1.54) is 15.2 Å². The summed E-state index contributed by atoms with van der Waals surface area (Å²) in [5.41, 5.74) is 2.13. The molecular weight excluding hydrogens is 280 g/mol. The van der Waals surface area contributed by atoms with E-state index in [0.29, 0.717) is 0 Å². The molecule has 0 amide bonds. The van der Waals surface area contributed by atoms with Crippen LogP contribution in [0.15, 0.2) is 53.5 Å². The molecule has 3 nitrogen and oxygen atoms in total. The monoisotopic (exact) mass is 297 g/mol. The van der Waals surface area contributed by atoms with Crippen molar-refractivity contribution in [1.29, 1.82) is 0 Å². The molecule has 21 heavy (non-hydrogen) atoms. The first-order valence-corrected chi connectivity index (χ1v) is 7.63. The minimum absolute atomic E-state index is 0.800. The molecule has 1 aromatic heterocycles. The second-order valence-corrected chi connectivity index (χ2v) is 5.83. The van der Waals surface area contributed by atoms with Gasteiger partial charge in [0.2, 0.25) is 10.5 Å². The maximum absolute atomic E-state index is 5.30. The van der Waals surface area contributed by atoms with Gasteiger partial charge in [-0.05, 0) is 18.2 Å². The van der Waals surface area contributed by atoms with Gasteiger partial charge < -0.3 is 4.74 Å². The molecule has 0 atom stereocenters. The van der Waals surface area contributed by atoms with Crippen molar-refractivity contribution in [3.63, 3.8) is 0 Å². The molecule has 0 unspecified atom stereocenters. The van der Waals surface area contributed by atoms with Crippen molar-refractivity contribution in [2.24, 2.45) is 12.0 Å². The van der Waals surface area contributed by atoms with Crippen LogP contribution >= 0.6 is 11.3 Å². The molecule has 0 fully saturated rings. The van der Waals surface area contributed by atoms with Crippen LogP contribution in [0.5, 0.6) is 5.75 Å². The number of para-hydroxylation sites is 3. The number of hydrogen-bond donors (Lipinski definition) is 0. The molecule has 0 bridgehead atoms. The maximum atomic E-state index is 5.30. The summed E-state index contributed by atoms with van der Waals surface area (Å²) in [4.78, 5) is 4.53. The van der Waals surface area contributed by atoms with Crippen LogP contribution in [0.4, 0.5) is 5.69 Å². The fraction of sp³-hybridized carbons (Fsp3) is 0.176. The highest BCUT2D eigenvalue weighted by Crippen LogP contribution is 2.26. The molecule has 0 aliphatic heterocycles. The highest BCUT2D eigenvalue weighted by atomic mass is 32.1. The quantitative estimate of drug-likeness (QED) is 0.533. The highest BCUT2D eigenvalue weighted by Gasteiger charge is 2.14. The van der Waals surface area contributed by atoms with E-state index < -0.39 is 0 Å². The predicted octanol–water partition coefficient (Wildman–Crippen LogP) is 3.68. The van der Waals surface area contributed by atoms with Crippen LogP contribution in [-0.4, -0.2) is 13.3 Å². The van der Waals surface area contributed by atoms with E-state index in [4.69, 9.17) is 4.74 Å². The van der Waals surface area contributed by atoms with Gasteiger partial charge >= 0.3 is 0 Å². The van der Waals surface area contributed by atoms with Gasteiger partial charge in [0.1, 0.15) is 23.2 Å². The molecule has 0 aliphatic carbocycles. The lowest BCUT2D eigenvalue weighted by Gasteiger charge is -2.02. The number of hydrogen-bond acceptors (Lipinski definition) is 3. The third-order valence-electron chi connectivity index (χ3n) is 3.41. The minimum Gasteiger partial charge on any atom is -0.494 e. The SMILES string of the molecule is COc1ccccc1N=CCc1sc2ccccc2[n+]1C. The van der Waals surface area contributed by atoms with E-state index in [1.807, 2.05) is 41.8 Å². The Balaban J connectivity index is 1.83. The van der Waals surface area contributed by atoms with Gasteiger partial charge in [-0.1, -0.05) is 35.6 Å². The van der Waals surface area contributed by atoms with Crippen LogP contribution in [0.25, 0.3) is 10.2 Å². The third kappa shape index (κ3) is 2.81. The molecule has 3 aromatic rings. The minimum atomic E-state index is 0.800. The van der Waals surface area contributed by atoms with Crippen molar-refractivity contribution in [1.82, 2.24) is 0 Å². The molecule has 106 valence electrons. The van der Waals surface area contributed by atoms with Crippen molar-refractivity contribution in [2.45, 2.75) is 6.42 Å². The number of aryl methyl sites for hydroxylation is 1. The lowest BCUT2D eigenvalue weighted by molar-refractivity contribution is -0.647. The maximum Gasteiger partial charge on any atom is 0.243 e. The average Bonchev–Trinajstić information content (AvgIpc) is 2.85. The van der Waals surface area contributed by atoms with Gasteiger partial charge in [0, 0.05) is 12.3 Å². The van der Waals surface area contributed by atoms with E-state index in [2.05, 4.69) is 40.9 Å². The van der Waals surface area contributed by atoms with Gasteiger partial charge in [-0.15, -0.1) is 0 Å². The lowest BCUT2D eigenvalue weighted by atomic mass is 10.3. The number of aliphatic imine (C=N–C) groups is 1. The summed E-state index contributed by atoms with van der Waals surface area (Å²) in [5.74, 6) is 0.800. The molecule has 2 aromatic carbocycles. The Morgan fingerprint density at radius 3 is 2.71 bits per heavy atom. The zero-order valence-electron chi connectivity index (χ0n) is 12.1. The molecule has 1 heterocycles. The Kier molecular flexibility index (Phi) is 3.97. The third-order valence-corrected chi connectivity index (χ3v) is 4.65. The molecule has 0 spiro atoms. The molecule has 0 saturated carbocycles. The number of aromatic nitrogens is 1. The normalized spacial score (nSPS) is 11.3. The standard InChI is InChI=1S/C17H17N2OS/c1-19-14-8-4-6-10-16(14)21-17(19)11-12-18-13-7-3-5-9-15(13)20-2/h3-10,12H,11H2,1-2H3/q+1. The van der Waals surface area contributed by atoms with E-state index >= 15 is 0 Å². The fourth-order valence-corrected chi connectivity index (χ4v) is 3.39. The van der Waals surface area contributed by atoms with Gasteiger partial charge in [0.05, 0.1) is 13.5 Å². The van der Waals surface area contributed by atoms with Crippen molar-refractivity contribution in [3.05, 3.63) is 53.5 Å². The summed E-state index contributed by atoms with van der Waals surface area (Å²) in [6.45, 7) is 0.